The summed E-state index contributed by atoms with van der Waals surface area (Å²) in [5, 5.41) is 2.48. The van der Waals surface area contributed by atoms with Crippen molar-refractivity contribution in [3.63, 3.8) is 0 Å². The fraction of sp³-hybridized carbons (Fsp3) is 0.909. The molecule has 5 nitrogen and oxygen atoms in total. The summed E-state index contributed by atoms with van der Waals surface area (Å²) in [6, 6.07) is -0.670. The van der Waals surface area contributed by atoms with Gasteiger partial charge in [0.25, 0.3) is 0 Å². The molecule has 0 heterocycles. The molecule has 1 atom stereocenters. The minimum Gasteiger partial charge on any atom is -0.464 e. The lowest BCUT2D eigenvalue weighted by Gasteiger charge is -2.13. The van der Waals surface area contributed by atoms with Crippen molar-refractivity contribution < 1.29 is 19.1 Å². The van der Waals surface area contributed by atoms with E-state index in [2.05, 4.69) is 12.2 Å². The smallest absolute Gasteiger partial charge is 0.407 e. The summed E-state index contributed by atoms with van der Waals surface area (Å²) in [6.07, 6.45) is 17.0. The van der Waals surface area contributed by atoms with Crippen LogP contribution in [0, 0.1) is 0 Å². The van der Waals surface area contributed by atoms with Gasteiger partial charge in [-0.25, -0.2) is 9.59 Å². The Morgan fingerprint density at radius 2 is 1.15 bits per heavy atom. The zero-order valence-electron chi connectivity index (χ0n) is 18.0. The molecule has 0 saturated carbocycles. The maximum Gasteiger partial charge on any atom is 0.407 e. The highest BCUT2D eigenvalue weighted by Gasteiger charge is 2.17. The third kappa shape index (κ3) is 17.9. The van der Waals surface area contributed by atoms with Crippen LogP contribution < -0.4 is 5.32 Å². The molecule has 0 bridgehead atoms. The summed E-state index contributed by atoms with van der Waals surface area (Å²) in [4.78, 5) is 23.2. The number of alkyl carbamates (subject to hydrolysis) is 1. The van der Waals surface area contributed by atoms with Crippen LogP contribution in [0.3, 0.4) is 0 Å². The van der Waals surface area contributed by atoms with Crippen molar-refractivity contribution in [3.05, 3.63) is 0 Å². The molecule has 0 fully saturated rings. The van der Waals surface area contributed by atoms with Crippen molar-refractivity contribution in [1.29, 1.82) is 0 Å². The van der Waals surface area contributed by atoms with E-state index >= 15 is 0 Å². The number of hydrogen-bond acceptors (Lipinski definition) is 4. The topological polar surface area (TPSA) is 64.6 Å². The third-order valence-electron chi connectivity index (χ3n) is 4.62. The van der Waals surface area contributed by atoms with E-state index in [4.69, 9.17) is 9.47 Å². The molecule has 160 valence electrons. The predicted molar refractivity (Wildman–Crippen MR) is 111 cm³/mol. The van der Waals surface area contributed by atoms with Crippen LogP contribution >= 0.6 is 0 Å². The Labute approximate surface area is 167 Å². The van der Waals surface area contributed by atoms with Crippen molar-refractivity contribution in [3.8, 4) is 0 Å². The fourth-order valence-electron chi connectivity index (χ4n) is 2.89. The largest absolute Gasteiger partial charge is 0.464 e. The highest BCUT2D eigenvalue weighted by molar-refractivity contribution is 5.80. The Bertz CT molecular complexity index is 360. The van der Waals surface area contributed by atoms with E-state index in [0.29, 0.717) is 13.2 Å². The molecule has 0 aromatic rings. The van der Waals surface area contributed by atoms with Crippen molar-refractivity contribution in [2.75, 3.05) is 13.2 Å². The van der Waals surface area contributed by atoms with Gasteiger partial charge in [0, 0.05) is 0 Å². The minimum absolute atomic E-state index is 0.354. The molecule has 0 aliphatic carbocycles. The summed E-state index contributed by atoms with van der Waals surface area (Å²) in [7, 11) is 0. The first-order valence-electron chi connectivity index (χ1n) is 11.2. The molecule has 5 heteroatoms. The van der Waals surface area contributed by atoms with Gasteiger partial charge in [-0.2, -0.15) is 0 Å². The number of ether oxygens (including phenoxy) is 2. The lowest BCUT2D eigenvalue weighted by atomic mass is 10.0. The van der Waals surface area contributed by atoms with Crippen LogP contribution in [-0.4, -0.2) is 31.3 Å². The number of esters is 1. The van der Waals surface area contributed by atoms with Gasteiger partial charge >= 0.3 is 12.1 Å². The van der Waals surface area contributed by atoms with E-state index in [1.54, 1.807) is 6.92 Å². The minimum atomic E-state index is -0.670. The molecule has 0 radical (unpaired) electrons. The van der Waals surface area contributed by atoms with Gasteiger partial charge in [0.15, 0.2) is 0 Å². The van der Waals surface area contributed by atoms with Gasteiger partial charge in [0.2, 0.25) is 0 Å². The first-order chi connectivity index (χ1) is 13.1. The summed E-state index contributed by atoms with van der Waals surface area (Å²) in [6.45, 7) is 6.56. The second-order valence-electron chi connectivity index (χ2n) is 7.41. The Morgan fingerprint density at radius 3 is 1.63 bits per heavy atom. The number of carbonyl (C=O) groups is 2. The molecule has 27 heavy (non-hydrogen) atoms. The quantitative estimate of drug-likeness (QED) is 0.227. The standard InChI is InChI=1S/C22H43NO4/c1-4-6-7-8-9-10-11-12-13-14-15-16-17-19-26-21(24)20(3)23-22(25)27-18-5-2/h20H,4-19H2,1-3H3,(H,23,25). The molecule has 1 unspecified atom stereocenters. The molecular weight excluding hydrogens is 342 g/mol. The first-order valence-corrected chi connectivity index (χ1v) is 11.2. The maximum atomic E-state index is 11.8. The normalized spacial score (nSPS) is 11.8. The highest BCUT2D eigenvalue weighted by atomic mass is 16.6. The molecular formula is C22H43NO4. The zero-order valence-corrected chi connectivity index (χ0v) is 18.0. The third-order valence-corrected chi connectivity index (χ3v) is 4.62. The van der Waals surface area contributed by atoms with Crippen LogP contribution in [0.5, 0.6) is 0 Å². The molecule has 1 N–H and O–H groups in total. The van der Waals surface area contributed by atoms with E-state index < -0.39 is 18.1 Å². The molecule has 0 aliphatic rings. The predicted octanol–water partition coefficient (Wildman–Crippen LogP) is 6.15. The number of carbonyl (C=O) groups excluding carboxylic acids is 2. The second kappa shape index (κ2) is 19.5. The van der Waals surface area contributed by atoms with Crippen LogP contribution in [0.4, 0.5) is 4.79 Å². The number of nitrogens with one attached hydrogen (secondary N) is 1. The molecule has 0 aromatic carbocycles. The Hall–Kier alpha value is -1.26. The van der Waals surface area contributed by atoms with Crippen LogP contribution in [0.15, 0.2) is 0 Å². The fourth-order valence-corrected chi connectivity index (χ4v) is 2.89. The van der Waals surface area contributed by atoms with E-state index in [-0.39, 0.29) is 0 Å². The van der Waals surface area contributed by atoms with Gasteiger partial charge in [-0.1, -0.05) is 90.9 Å². The number of unbranched alkanes of at least 4 members (excludes halogenated alkanes) is 12. The summed E-state index contributed by atoms with van der Waals surface area (Å²) in [5.74, 6) is -0.401. The lowest BCUT2D eigenvalue weighted by molar-refractivity contribution is -0.145. The van der Waals surface area contributed by atoms with Crippen molar-refractivity contribution in [2.24, 2.45) is 0 Å². The highest BCUT2D eigenvalue weighted by Crippen LogP contribution is 2.12. The van der Waals surface area contributed by atoms with Crippen LogP contribution in [0.1, 0.15) is 111 Å². The molecule has 0 aromatic heterocycles. The van der Waals surface area contributed by atoms with E-state index in [1.165, 1.54) is 70.6 Å². The van der Waals surface area contributed by atoms with Gasteiger partial charge in [0.1, 0.15) is 6.04 Å². The van der Waals surface area contributed by atoms with Crippen molar-refractivity contribution >= 4 is 12.1 Å². The van der Waals surface area contributed by atoms with Gasteiger partial charge in [-0.05, 0) is 19.8 Å². The lowest BCUT2D eigenvalue weighted by Crippen LogP contribution is -2.40. The number of hydrogen-bond donors (Lipinski definition) is 1. The van der Waals surface area contributed by atoms with Gasteiger partial charge in [-0.15, -0.1) is 0 Å². The molecule has 0 spiro atoms. The molecule has 0 rings (SSSR count). The van der Waals surface area contributed by atoms with Crippen molar-refractivity contribution in [2.45, 2.75) is 117 Å². The summed E-state index contributed by atoms with van der Waals surface area (Å²) in [5.41, 5.74) is 0. The summed E-state index contributed by atoms with van der Waals surface area (Å²) >= 11 is 0. The average molecular weight is 386 g/mol. The van der Waals surface area contributed by atoms with Crippen LogP contribution in [0.2, 0.25) is 0 Å². The van der Waals surface area contributed by atoms with Crippen LogP contribution in [0.25, 0.3) is 0 Å². The van der Waals surface area contributed by atoms with E-state index in [9.17, 15) is 9.59 Å². The van der Waals surface area contributed by atoms with E-state index in [1.807, 2.05) is 6.92 Å². The number of rotatable bonds is 18. The Kier molecular flexibility index (Phi) is 18.6. The molecule has 1 amide bonds. The van der Waals surface area contributed by atoms with Crippen molar-refractivity contribution in [1.82, 2.24) is 5.32 Å². The monoisotopic (exact) mass is 385 g/mol. The van der Waals surface area contributed by atoms with Gasteiger partial charge in [-0.3, -0.25) is 0 Å². The molecule has 0 saturated heterocycles. The van der Waals surface area contributed by atoms with Gasteiger partial charge < -0.3 is 14.8 Å². The second-order valence-corrected chi connectivity index (χ2v) is 7.41. The molecule has 0 aliphatic heterocycles. The van der Waals surface area contributed by atoms with Crippen LogP contribution in [-0.2, 0) is 14.3 Å². The Morgan fingerprint density at radius 1 is 0.667 bits per heavy atom. The average Bonchev–Trinajstić information content (AvgIpc) is 2.66. The zero-order chi connectivity index (χ0) is 20.2. The van der Waals surface area contributed by atoms with Gasteiger partial charge in [0.05, 0.1) is 13.2 Å². The SMILES string of the molecule is CCCCCCCCCCCCCCCOC(=O)C(C)NC(=O)OCCC. The first kappa shape index (κ1) is 25.7. The number of amides is 1. The van der Waals surface area contributed by atoms with E-state index in [0.717, 1.165) is 19.3 Å². The summed E-state index contributed by atoms with van der Waals surface area (Å²) < 4.78 is 10.1. The Balaban J connectivity index is 3.36. The maximum absolute atomic E-state index is 11.8.